The van der Waals surface area contributed by atoms with Gasteiger partial charge in [0.25, 0.3) is 0 Å². The average Bonchev–Trinajstić information content (AvgIpc) is 2.72. The highest BCUT2D eigenvalue weighted by Gasteiger charge is 2.11. The molecule has 0 fully saturated rings. The zero-order valence-electron chi connectivity index (χ0n) is 10.0. The van der Waals surface area contributed by atoms with Crippen LogP contribution in [0, 0.1) is 5.82 Å². The van der Waals surface area contributed by atoms with Crippen molar-refractivity contribution in [3.63, 3.8) is 0 Å². The van der Waals surface area contributed by atoms with Crippen LogP contribution in [0.3, 0.4) is 0 Å². The van der Waals surface area contributed by atoms with Crippen LogP contribution in [-0.2, 0) is 13.5 Å². The van der Waals surface area contributed by atoms with Crippen molar-refractivity contribution >= 4 is 0 Å². The molecule has 0 radical (unpaired) electrons. The molecule has 0 bridgehead atoms. The summed E-state index contributed by atoms with van der Waals surface area (Å²) in [7, 11) is 3.77. The van der Waals surface area contributed by atoms with E-state index < -0.39 is 0 Å². The number of hydrogen-bond donors (Lipinski definition) is 1. The number of aryl methyl sites for hydroxylation is 1. The van der Waals surface area contributed by atoms with E-state index in [9.17, 15) is 4.39 Å². The molecule has 1 atom stereocenters. The molecule has 2 aromatic rings. The molecule has 0 amide bonds. The summed E-state index contributed by atoms with van der Waals surface area (Å²) in [4.78, 5) is 0. The number of halogens is 1. The van der Waals surface area contributed by atoms with E-state index in [4.69, 9.17) is 0 Å². The topological polar surface area (TPSA) is 29.9 Å². The molecule has 0 saturated heterocycles. The van der Waals surface area contributed by atoms with E-state index >= 15 is 0 Å². The van der Waals surface area contributed by atoms with Gasteiger partial charge < -0.3 is 5.32 Å². The number of benzene rings is 1. The van der Waals surface area contributed by atoms with Crippen LogP contribution in [0.2, 0.25) is 0 Å². The van der Waals surface area contributed by atoms with Gasteiger partial charge in [-0.3, -0.25) is 4.68 Å². The summed E-state index contributed by atoms with van der Waals surface area (Å²) in [5.41, 5.74) is 2.09. The molecule has 1 aromatic heterocycles. The van der Waals surface area contributed by atoms with E-state index in [0.29, 0.717) is 0 Å². The van der Waals surface area contributed by atoms with E-state index in [-0.39, 0.29) is 11.9 Å². The normalized spacial score (nSPS) is 12.6. The fourth-order valence-electron chi connectivity index (χ4n) is 1.92. The van der Waals surface area contributed by atoms with Crippen molar-refractivity contribution in [2.24, 2.45) is 7.05 Å². The standard InChI is InChI=1S/C13H16FN3/c1-15-13(6-10-8-16-17(2)9-10)11-4-3-5-12(14)7-11/h3-5,7-9,13,15H,6H2,1-2H3. The second-order valence-electron chi connectivity index (χ2n) is 4.12. The Morgan fingerprint density at radius 2 is 2.29 bits per heavy atom. The van der Waals surface area contributed by atoms with Crippen molar-refractivity contribution < 1.29 is 4.39 Å². The maximum absolute atomic E-state index is 13.2. The van der Waals surface area contributed by atoms with Crippen LogP contribution in [0.15, 0.2) is 36.7 Å². The first-order chi connectivity index (χ1) is 8.19. The second kappa shape index (κ2) is 5.10. The predicted molar refractivity (Wildman–Crippen MR) is 65.1 cm³/mol. The largest absolute Gasteiger partial charge is 0.313 e. The Morgan fingerprint density at radius 1 is 1.47 bits per heavy atom. The number of aromatic nitrogens is 2. The Morgan fingerprint density at radius 3 is 2.88 bits per heavy atom. The summed E-state index contributed by atoms with van der Waals surface area (Å²) in [6.45, 7) is 0. The summed E-state index contributed by atoms with van der Waals surface area (Å²) in [5, 5.41) is 7.33. The zero-order valence-corrected chi connectivity index (χ0v) is 10.0. The molecule has 1 unspecified atom stereocenters. The van der Waals surface area contributed by atoms with Crippen molar-refractivity contribution in [2.45, 2.75) is 12.5 Å². The van der Waals surface area contributed by atoms with Gasteiger partial charge in [0.1, 0.15) is 5.82 Å². The summed E-state index contributed by atoms with van der Waals surface area (Å²) in [5.74, 6) is -0.200. The molecular formula is C13H16FN3. The van der Waals surface area contributed by atoms with Gasteiger partial charge in [-0.15, -0.1) is 0 Å². The van der Waals surface area contributed by atoms with E-state index in [2.05, 4.69) is 10.4 Å². The molecule has 0 spiro atoms. The van der Waals surface area contributed by atoms with Crippen molar-refractivity contribution in [2.75, 3.05) is 7.05 Å². The molecule has 0 aliphatic carbocycles. The third-order valence-corrected chi connectivity index (χ3v) is 2.80. The Balaban J connectivity index is 2.16. The number of rotatable bonds is 4. The van der Waals surface area contributed by atoms with Crippen LogP contribution >= 0.6 is 0 Å². The minimum absolute atomic E-state index is 0.106. The number of hydrogen-bond acceptors (Lipinski definition) is 2. The molecule has 0 saturated carbocycles. The number of nitrogens with zero attached hydrogens (tertiary/aromatic N) is 2. The highest BCUT2D eigenvalue weighted by Crippen LogP contribution is 2.18. The zero-order chi connectivity index (χ0) is 12.3. The smallest absolute Gasteiger partial charge is 0.123 e. The molecular weight excluding hydrogens is 217 g/mol. The van der Waals surface area contributed by atoms with Gasteiger partial charge in [-0.05, 0) is 36.7 Å². The first-order valence-electron chi connectivity index (χ1n) is 5.59. The van der Waals surface area contributed by atoms with Gasteiger partial charge >= 0.3 is 0 Å². The fraction of sp³-hybridized carbons (Fsp3) is 0.308. The van der Waals surface area contributed by atoms with Gasteiger partial charge in [0.15, 0.2) is 0 Å². The van der Waals surface area contributed by atoms with E-state index in [0.717, 1.165) is 17.5 Å². The molecule has 2 rings (SSSR count). The minimum Gasteiger partial charge on any atom is -0.313 e. The molecule has 0 aliphatic heterocycles. The molecule has 1 heterocycles. The van der Waals surface area contributed by atoms with Crippen molar-refractivity contribution in [1.29, 1.82) is 0 Å². The van der Waals surface area contributed by atoms with Gasteiger partial charge in [-0.25, -0.2) is 4.39 Å². The third kappa shape index (κ3) is 2.91. The Hall–Kier alpha value is -1.68. The van der Waals surface area contributed by atoms with Gasteiger partial charge in [-0.2, -0.15) is 5.10 Å². The lowest BCUT2D eigenvalue weighted by Gasteiger charge is -2.15. The van der Waals surface area contributed by atoms with Gasteiger partial charge in [0, 0.05) is 19.3 Å². The summed E-state index contributed by atoms with van der Waals surface area (Å²) in [6.07, 6.45) is 4.61. The molecule has 1 aromatic carbocycles. The van der Waals surface area contributed by atoms with Crippen LogP contribution in [0.5, 0.6) is 0 Å². The van der Waals surface area contributed by atoms with Crippen molar-refractivity contribution in [1.82, 2.24) is 15.1 Å². The Labute approximate surface area is 100 Å². The number of nitrogens with one attached hydrogen (secondary N) is 1. The number of likely N-dealkylation sites (N-methyl/N-ethyl adjacent to an activating group) is 1. The van der Waals surface area contributed by atoms with Gasteiger partial charge in [0.2, 0.25) is 0 Å². The minimum atomic E-state index is -0.200. The molecule has 17 heavy (non-hydrogen) atoms. The summed E-state index contributed by atoms with van der Waals surface area (Å²) in [6, 6.07) is 6.80. The second-order valence-corrected chi connectivity index (χ2v) is 4.12. The van der Waals surface area contributed by atoms with Gasteiger partial charge in [0.05, 0.1) is 6.20 Å². The van der Waals surface area contributed by atoms with Crippen molar-refractivity contribution in [3.05, 3.63) is 53.6 Å². The first kappa shape index (κ1) is 11.8. The highest BCUT2D eigenvalue weighted by molar-refractivity contribution is 5.22. The van der Waals surface area contributed by atoms with Crippen LogP contribution < -0.4 is 5.32 Å². The quantitative estimate of drug-likeness (QED) is 0.876. The maximum atomic E-state index is 13.2. The summed E-state index contributed by atoms with van der Waals surface area (Å²) >= 11 is 0. The predicted octanol–water partition coefficient (Wildman–Crippen LogP) is 2.06. The molecule has 1 N–H and O–H groups in total. The molecule has 4 heteroatoms. The molecule has 0 aliphatic rings. The van der Waals surface area contributed by atoms with Crippen LogP contribution in [-0.4, -0.2) is 16.8 Å². The summed E-state index contributed by atoms with van der Waals surface area (Å²) < 4.78 is 14.9. The maximum Gasteiger partial charge on any atom is 0.123 e. The molecule has 90 valence electrons. The average molecular weight is 233 g/mol. The van der Waals surface area contributed by atoms with Crippen LogP contribution in [0.25, 0.3) is 0 Å². The van der Waals surface area contributed by atoms with E-state index in [1.165, 1.54) is 6.07 Å². The highest BCUT2D eigenvalue weighted by atomic mass is 19.1. The molecule has 3 nitrogen and oxygen atoms in total. The van der Waals surface area contributed by atoms with Crippen molar-refractivity contribution in [3.8, 4) is 0 Å². The van der Waals surface area contributed by atoms with E-state index in [1.807, 2.05) is 32.6 Å². The fourth-order valence-corrected chi connectivity index (χ4v) is 1.92. The lowest BCUT2D eigenvalue weighted by Crippen LogP contribution is -2.18. The Kier molecular flexibility index (Phi) is 3.54. The third-order valence-electron chi connectivity index (χ3n) is 2.80. The first-order valence-corrected chi connectivity index (χ1v) is 5.59. The SMILES string of the molecule is CNC(Cc1cnn(C)c1)c1cccc(F)c1. The van der Waals surface area contributed by atoms with Gasteiger partial charge in [-0.1, -0.05) is 12.1 Å². The lowest BCUT2D eigenvalue weighted by atomic mass is 10.0. The van der Waals surface area contributed by atoms with E-state index in [1.54, 1.807) is 16.8 Å². The monoisotopic (exact) mass is 233 g/mol. The van der Waals surface area contributed by atoms with Crippen LogP contribution in [0.4, 0.5) is 4.39 Å². The van der Waals surface area contributed by atoms with Crippen LogP contribution in [0.1, 0.15) is 17.2 Å². The lowest BCUT2D eigenvalue weighted by molar-refractivity contribution is 0.577. The Bertz CT molecular complexity index is 493.